The molecule has 1 aliphatic heterocycles. The molecular weight excluding hydrogens is 256 g/mol. The maximum atomic E-state index is 12.7. The van der Waals surface area contributed by atoms with Crippen molar-refractivity contribution in [2.24, 2.45) is 0 Å². The van der Waals surface area contributed by atoms with Crippen LogP contribution in [-0.2, 0) is 5.75 Å². The molecule has 0 bridgehead atoms. The molecule has 0 N–H and O–H groups in total. The van der Waals surface area contributed by atoms with E-state index in [4.69, 9.17) is 4.74 Å². The van der Waals surface area contributed by atoms with E-state index in [-0.39, 0.29) is 5.78 Å². The third-order valence-electron chi connectivity index (χ3n) is 3.40. The van der Waals surface area contributed by atoms with Gasteiger partial charge in [-0.25, -0.2) is 0 Å². The molecule has 0 aromatic heterocycles. The Bertz CT molecular complexity index is 662. The molecule has 0 saturated heterocycles. The first-order valence-electron chi connectivity index (χ1n) is 6.14. The van der Waals surface area contributed by atoms with E-state index in [1.807, 2.05) is 43.3 Å². The van der Waals surface area contributed by atoms with E-state index in [1.54, 1.807) is 18.9 Å². The van der Waals surface area contributed by atoms with Crippen LogP contribution in [0.2, 0.25) is 0 Å². The van der Waals surface area contributed by atoms with Gasteiger partial charge < -0.3 is 4.74 Å². The summed E-state index contributed by atoms with van der Waals surface area (Å²) < 4.78 is 5.23. The number of rotatable bonds is 1. The van der Waals surface area contributed by atoms with Crippen LogP contribution in [0.1, 0.15) is 27.0 Å². The zero-order valence-corrected chi connectivity index (χ0v) is 11.7. The third kappa shape index (κ3) is 2.04. The number of ketones is 1. The molecule has 0 aliphatic carbocycles. The van der Waals surface area contributed by atoms with E-state index in [0.717, 1.165) is 38.7 Å². The van der Waals surface area contributed by atoms with Crippen molar-refractivity contribution in [1.29, 1.82) is 0 Å². The standard InChI is InChI=1S/C16H14O2S/c1-10-4-3-5-11-9-19-14-8-12(18-2)6-7-13(14)16(17)15(10)11/h3-8H,9H2,1-2H3. The largest absolute Gasteiger partial charge is 0.497 e. The molecule has 0 unspecified atom stereocenters. The topological polar surface area (TPSA) is 26.3 Å². The lowest BCUT2D eigenvalue weighted by Gasteiger charge is -2.08. The maximum Gasteiger partial charge on any atom is 0.194 e. The van der Waals surface area contributed by atoms with Crippen LogP contribution in [0.15, 0.2) is 41.3 Å². The van der Waals surface area contributed by atoms with Crippen LogP contribution in [0.3, 0.4) is 0 Å². The van der Waals surface area contributed by atoms with Gasteiger partial charge in [0.2, 0.25) is 0 Å². The minimum atomic E-state index is 0.121. The van der Waals surface area contributed by atoms with E-state index in [0.29, 0.717) is 0 Å². The molecule has 0 amide bonds. The monoisotopic (exact) mass is 270 g/mol. The SMILES string of the molecule is COc1ccc2c(c1)SCc1cccc(C)c1C2=O. The fraction of sp³-hybridized carbons (Fsp3) is 0.188. The molecule has 19 heavy (non-hydrogen) atoms. The van der Waals surface area contributed by atoms with Crippen LogP contribution < -0.4 is 4.74 Å². The van der Waals surface area contributed by atoms with E-state index in [9.17, 15) is 4.79 Å². The van der Waals surface area contributed by atoms with Crippen molar-refractivity contribution in [3.8, 4) is 5.75 Å². The van der Waals surface area contributed by atoms with Crippen LogP contribution in [0.25, 0.3) is 0 Å². The first-order valence-corrected chi connectivity index (χ1v) is 7.13. The van der Waals surface area contributed by atoms with Crippen LogP contribution in [0, 0.1) is 6.92 Å². The molecule has 3 rings (SSSR count). The molecular formula is C16H14O2S. The molecule has 1 heterocycles. The molecule has 0 fully saturated rings. The summed E-state index contributed by atoms with van der Waals surface area (Å²) in [6.45, 7) is 2.00. The molecule has 2 aromatic rings. The molecule has 0 saturated carbocycles. The van der Waals surface area contributed by atoms with Gasteiger partial charge in [0, 0.05) is 21.8 Å². The van der Waals surface area contributed by atoms with Gasteiger partial charge >= 0.3 is 0 Å². The Morgan fingerprint density at radius 1 is 1.21 bits per heavy atom. The zero-order chi connectivity index (χ0) is 13.4. The molecule has 2 nitrogen and oxygen atoms in total. The van der Waals surface area contributed by atoms with Gasteiger partial charge in [0.15, 0.2) is 5.78 Å². The summed E-state index contributed by atoms with van der Waals surface area (Å²) >= 11 is 1.69. The number of fused-ring (bicyclic) bond motifs is 2. The summed E-state index contributed by atoms with van der Waals surface area (Å²) in [6.07, 6.45) is 0. The summed E-state index contributed by atoms with van der Waals surface area (Å²) in [5.74, 6) is 1.74. The molecule has 96 valence electrons. The quantitative estimate of drug-likeness (QED) is 0.787. The van der Waals surface area contributed by atoms with Crippen LogP contribution >= 0.6 is 11.8 Å². The Hall–Kier alpha value is -1.74. The Morgan fingerprint density at radius 2 is 2.05 bits per heavy atom. The highest BCUT2D eigenvalue weighted by atomic mass is 32.2. The first-order chi connectivity index (χ1) is 9.20. The minimum absolute atomic E-state index is 0.121. The lowest BCUT2D eigenvalue weighted by Crippen LogP contribution is -2.06. The average molecular weight is 270 g/mol. The second kappa shape index (κ2) is 4.74. The molecule has 2 aromatic carbocycles. The Kier molecular flexibility index (Phi) is 3.07. The van der Waals surface area contributed by atoms with Crippen molar-refractivity contribution >= 4 is 17.5 Å². The number of aryl methyl sites for hydroxylation is 1. The highest BCUT2D eigenvalue weighted by Crippen LogP contribution is 2.36. The number of hydrogen-bond donors (Lipinski definition) is 0. The Labute approximate surface area is 116 Å². The number of ether oxygens (including phenoxy) is 1. The maximum absolute atomic E-state index is 12.7. The van der Waals surface area contributed by atoms with E-state index in [1.165, 1.54) is 0 Å². The van der Waals surface area contributed by atoms with Crippen molar-refractivity contribution in [1.82, 2.24) is 0 Å². The zero-order valence-electron chi connectivity index (χ0n) is 10.9. The molecule has 0 radical (unpaired) electrons. The van der Waals surface area contributed by atoms with Crippen molar-refractivity contribution in [2.45, 2.75) is 17.6 Å². The van der Waals surface area contributed by atoms with Gasteiger partial charge in [-0.1, -0.05) is 18.2 Å². The average Bonchev–Trinajstić information content (AvgIpc) is 2.57. The molecule has 3 heteroatoms. The van der Waals surface area contributed by atoms with Gasteiger partial charge in [0.1, 0.15) is 5.75 Å². The lowest BCUT2D eigenvalue weighted by molar-refractivity contribution is 0.103. The van der Waals surface area contributed by atoms with Crippen LogP contribution in [-0.4, -0.2) is 12.9 Å². The van der Waals surface area contributed by atoms with E-state index in [2.05, 4.69) is 0 Å². The summed E-state index contributed by atoms with van der Waals surface area (Å²) in [5, 5.41) is 0. The fourth-order valence-corrected chi connectivity index (χ4v) is 3.47. The van der Waals surface area contributed by atoms with Gasteiger partial charge in [-0.05, 0) is 36.2 Å². The van der Waals surface area contributed by atoms with E-state index < -0.39 is 0 Å². The number of carbonyl (C=O) groups is 1. The van der Waals surface area contributed by atoms with Crippen molar-refractivity contribution < 1.29 is 9.53 Å². The lowest BCUT2D eigenvalue weighted by atomic mass is 9.95. The number of carbonyl (C=O) groups excluding carboxylic acids is 1. The summed E-state index contributed by atoms with van der Waals surface area (Å²) in [7, 11) is 1.64. The van der Waals surface area contributed by atoms with Crippen LogP contribution in [0.5, 0.6) is 5.75 Å². The van der Waals surface area contributed by atoms with Gasteiger partial charge in [0.25, 0.3) is 0 Å². The van der Waals surface area contributed by atoms with Crippen LogP contribution in [0.4, 0.5) is 0 Å². The van der Waals surface area contributed by atoms with Gasteiger partial charge in [0.05, 0.1) is 7.11 Å². The second-order valence-electron chi connectivity index (χ2n) is 4.59. The van der Waals surface area contributed by atoms with Crippen molar-refractivity contribution in [2.75, 3.05) is 7.11 Å². The third-order valence-corrected chi connectivity index (χ3v) is 4.51. The Balaban J connectivity index is 2.18. The predicted molar refractivity (Wildman–Crippen MR) is 77.2 cm³/mol. The normalized spacial score (nSPS) is 13.5. The fourth-order valence-electron chi connectivity index (χ4n) is 2.40. The van der Waals surface area contributed by atoms with Gasteiger partial charge in [-0.15, -0.1) is 11.8 Å². The van der Waals surface area contributed by atoms with Gasteiger partial charge in [-0.2, -0.15) is 0 Å². The summed E-state index contributed by atoms with van der Waals surface area (Å²) in [6, 6.07) is 11.7. The number of thioether (sulfide) groups is 1. The molecule has 0 spiro atoms. The van der Waals surface area contributed by atoms with Crippen molar-refractivity contribution in [3.63, 3.8) is 0 Å². The highest BCUT2D eigenvalue weighted by molar-refractivity contribution is 7.98. The van der Waals surface area contributed by atoms with Crippen molar-refractivity contribution in [3.05, 3.63) is 58.7 Å². The van der Waals surface area contributed by atoms with Gasteiger partial charge in [-0.3, -0.25) is 4.79 Å². The predicted octanol–water partition coefficient (Wildman–Crippen LogP) is 3.84. The number of methoxy groups -OCH3 is 1. The molecule has 1 aliphatic rings. The first kappa shape index (κ1) is 12.3. The summed E-state index contributed by atoms with van der Waals surface area (Å²) in [4.78, 5) is 13.7. The minimum Gasteiger partial charge on any atom is -0.497 e. The number of hydrogen-bond acceptors (Lipinski definition) is 3. The molecule has 0 atom stereocenters. The summed E-state index contributed by atoms with van der Waals surface area (Å²) in [5.41, 5.74) is 3.80. The number of benzene rings is 2. The smallest absolute Gasteiger partial charge is 0.194 e. The highest BCUT2D eigenvalue weighted by Gasteiger charge is 2.23. The Morgan fingerprint density at radius 3 is 2.84 bits per heavy atom. The van der Waals surface area contributed by atoms with E-state index >= 15 is 0 Å². The second-order valence-corrected chi connectivity index (χ2v) is 5.61.